The number of rotatable bonds is 3. The van der Waals surface area contributed by atoms with E-state index in [1.165, 1.54) is 12.3 Å². The minimum Gasteiger partial charge on any atom is -0.478 e. The molecule has 1 N–H and O–H groups in total. The summed E-state index contributed by atoms with van der Waals surface area (Å²) >= 11 is 5.95. The molecule has 0 spiro atoms. The first kappa shape index (κ1) is 12.4. The zero-order valence-electron chi connectivity index (χ0n) is 9.55. The second-order valence-electron chi connectivity index (χ2n) is 3.66. The molecule has 0 amide bonds. The van der Waals surface area contributed by atoms with Gasteiger partial charge in [0.1, 0.15) is 11.3 Å². The Hall–Kier alpha value is -2.07. The smallest absolute Gasteiger partial charge is 0.339 e. The Morgan fingerprint density at radius 3 is 2.72 bits per heavy atom. The molecule has 0 aliphatic rings. The number of aromatic carboxylic acids is 1. The number of carbonyl (C=O) groups is 1. The van der Waals surface area contributed by atoms with Gasteiger partial charge in [0.05, 0.1) is 11.2 Å². The average molecular weight is 264 g/mol. The van der Waals surface area contributed by atoms with Crippen LogP contribution in [0.1, 0.15) is 16.1 Å². The van der Waals surface area contributed by atoms with Crippen LogP contribution < -0.4 is 4.74 Å². The molecule has 0 aliphatic carbocycles. The molecular formula is C13H10ClNO3. The van der Waals surface area contributed by atoms with Gasteiger partial charge in [-0.1, -0.05) is 17.7 Å². The van der Waals surface area contributed by atoms with Crippen molar-refractivity contribution >= 4 is 17.6 Å². The molecule has 1 aromatic carbocycles. The van der Waals surface area contributed by atoms with Gasteiger partial charge in [0.15, 0.2) is 5.75 Å². The Morgan fingerprint density at radius 1 is 1.33 bits per heavy atom. The number of hydrogen-bond donors (Lipinski definition) is 1. The zero-order valence-corrected chi connectivity index (χ0v) is 10.3. The van der Waals surface area contributed by atoms with Gasteiger partial charge in [0, 0.05) is 5.69 Å². The number of pyridine rings is 1. The summed E-state index contributed by atoms with van der Waals surface area (Å²) in [7, 11) is 0. The van der Waals surface area contributed by atoms with Crippen LogP contribution in [0.5, 0.6) is 11.5 Å². The Balaban J connectivity index is 2.39. The first-order valence-corrected chi connectivity index (χ1v) is 5.58. The van der Waals surface area contributed by atoms with Crippen LogP contribution in [0.4, 0.5) is 0 Å². The number of hydrogen-bond acceptors (Lipinski definition) is 3. The maximum absolute atomic E-state index is 11.1. The number of ether oxygens (including phenoxy) is 1. The summed E-state index contributed by atoms with van der Waals surface area (Å²) in [6.45, 7) is 1.85. The third-order valence-corrected chi connectivity index (χ3v) is 2.60. The minimum absolute atomic E-state index is 0.0167. The topological polar surface area (TPSA) is 59.4 Å². The molecule has 92 valence electrons. The molecule has 0 fully saturated rings. The molecule has 0 atom stereocenters. The van der Waals surface area contributed by atoms with Gasteiger partial charge in [-0.25, -0.2) is 4.79 Å². The summed E-state index contributed by atoms with van der Waals surface area (Å²) in [6, 6.07) is 8.05. The van der Waals surface area contributed by atoms with Crippen molar-refractivity contribution in [1.29, 1.82) is 0 Å². The summed E-state index contributed by atoms with van der Waals surface area (Å²) in [4.78, 5) is 15.1. The van der Waals surface area contributed by atoms with Crippen LogP contribution in [-0.2, 0) is 0 Å². The number of carboxylic acids is 1. The van der Waals surface area contributed by atoms with Crippen LogP contribution in [-0.4, -0.2) is 16.1 Å². The predicted octanol–water partition coefficient (Wildman–Crippen LogP) is 3.53. The fourth-order valence-electron chi connectivity index (χ4n) is 1.41. The van der Waals surface area contributed by atoms with E-state index in [0.717, 1.165) is 5.69 Å². The Morgan fingerprint density at radius 2 is 2.11 bits per heavy atom. The van der Waals surface area contributed by atoms with Gasteiger partial charge in [-0.3, -0.25) is 4.98 Å². The van der Waals surface area contributed by atoms with E-state index in [9.17, 15) is 4.79 Å². The highest BCUT2D eigenvalue weighted by Crippen LogP contribution is 2.32. The largest absolute Gasteiger partial charge is 0.478 e. The molecule has 2 aromatic rings. The average Bonchev–Trinajstić information content (AvgIpc) is 2.34. The van der Waals surface area contributed by atoms with E-state index in [-0.39, 0.29) is 16.3 Å². The minimum atomic E-state index is -1.09. The van der Waals surface area contributed by atoms with Gasteiger partial charge < -0.3 is 9.84 Å². The van der Waals surface area contributed by atoms with Crippen molar-refractivity contribution in [3.8, 4) is 11.5 Å². The quantitative estimate of drug-likeness (QED) is 0.920. The standard InChI is InChI=1S/C13H10ClNO3/c1-8-5-6-9(7-15-8)18-12-10(13(16)17)3-2-4-11(12)14/h2-7H,1H3,(H,16,17). The summed E-state index contributed by atoms with van der Waals surface area (Å²) in [6.07, 6.45) is 1.52. The van der Waals surface area contributed by atoms with Gasteiger partial charge in [0.25, 0.3) is 0 Å². The first-order valence-electron chi connectivity index (χ1n) is 5.20. The van der Waals surface area contributed by atoms with Crippen molar-refractivity contribution < 1.29 is 14.6 Å². The van der Waals surface area contributed by atoms with Crippen molar-refractivity contribution in [3.05, 3.63) is 52.8 Å². The Kier molecular flexibility index (Phi) is 3.48. The predicted molar refractivity (Wildman–Crippen MR) is 67.5 cm³/mol. The van der Waals surface area contributed by atoms with E-state index >= 15 is 0 Å². The van der Waals surface area contributed by atoms with E-state index in [1.54, 1.807) is 24.3 Å². The third-order valence-electron chi connectivity index (χ3n) is 2.30. The van der Waals surface area contributed by atoms with E-state index in [0.29, 0.717) is 5.75 Å². The molecule has 0 saturated heterocycles. The highest BCUT2D eigenvalue weighted by molar-refractivity contribution is 6.32. The number of nitrogens with zero attached hydrogens (tertiary/aromatic N) is 1. The monoisotopic (exact) mass is 263 g/mol. The fourth-order valence-corrected chi connectivity index (χ4v) is 1.63. The molecule has 2 rings (SSSR count). The van der Waals surface area contributed by atoms with E-state index < -0.39 is 5.97 Å². The molecule has 0 aliphatic heterocycles. The van der Waals surface area contributed by atoms with Gasteiger partial charge in [-0.15, -0.1) is 0 Å². The van der Waals surface area contributed by atoms with Crippen molar-refractivity contribution in [2.45, 2.75) is 6.92 Å². The van der Waals surface area contributed by atoms with Crippen LogP contribution in [0.2, 0.25) is 5.02 Å². The van der Waals surface area contributed by atoms with Gasteiger partial charge in [-0.2, -0.15) is 0 Å². The molecule has 0 bridgehead atoms. The molecule has 18 heavy (non-hydrogen) atoms. The first-order chi connectivity index (χ1) is 8.58. The van der Waals surface area contributed by atoms with Gasteiger partial charge in [-0.05, 0) is 31.2 Å². The molecular weight excluding hydrogens is 254 g/mol. The highest BCUT2D eigenvalue weighted by atomic mass is 35.5. The van der Waals surface area contributed by atoms with Gasteiger partial charge in [0.2, 0.25) is 0 Å². The SMILES string of the molecule is Cc1ccc(Oc2c(Cl)cccc2C(=O)O)cn1. The van der Waals surface area contributed by atoms with Crippen LogP contribution in [0.15, 0.2) is 36.5 Å². The molecule has 1 heterocycles. The number of benzene rings is 1. The third kappa shape index (κ3) is 2.60. The second kappa shape index (κ2) is 5.06. The lowest BCUT2D eigenvalue weighted by Gasteiger charge is -2.10. The Bertz CT molecular complexity index is 581. The molecule has 5 heteroatoms. The molecule has 4 nitrogen and oxygen atoms in total. The second-order valence-corrected chi connectivity index (χ2v) is 4.07. The van der Waals surface area contributed by atoms with Crippen molar-refractivity contribution in [3.63, 3.8) is 0 Å². The highest BCUT2D eigenvalue weighted by Gasteiger charge is 2.15. The lowest BCUT2D eigenvalue weighted by atomic mass is 10.2. The lowest BCUT2D eigenvalue weighted by Crippen LogP contribution is -2.00. The fraction of sp³-hybridized carbons (Fsp3) is 0.0769. The summed E-state index contributed by atoms with van der Waals surface area (Å²) < 4.78 is 5.48. The van der Waals surface area contributed by atoms with Crippen molar-refractivity contribution in [2.75, 3.05) is 0 Å². The lowest BCUT2D eigenvalue weighted by molar-refractivity contribution is 0.0694. The zero-order chi connectivity index (χ0) is 13.1. The molecule has 0 unspecified atom stereocenters. The summed E-state index contributed by atoms with van der Waals surface area (Å²) in [5.41, 5.74) is 0.864. The molecule has 0 saturated carbocycles. The van der Waals surface area contributed by atoms with Crippen molar-refractivity contribution in [2.24, 2.45) is 0 Å². The maximum Gasteiger partial charge on any atom is 0.339 e. The normalized spacial score (nSPS) is 10.1. The maximum atomic E-state index is 11.1. The Labute approximate surface area is 109 Å². The van der Waals surface area contributed by atoms with E-state index in [2.05, 4.69) is 4.98 Å². The number of aromatic nitrogens is 1. The number of para-hydroxylation sites is 1. The van der Waals surface area contributed by atoms with Crippen LogP contribution >= 0.6 is 11.6 Å². The number of halogens is 1. The summed E-state index contributed by atoms with van der Waals surface area (Å²) in [5, 5.41) is 9.30. The summed E-state index contributed by atoms with van der Waals surface area (Å²) in [5.74, 6) is -0.527. The van der Waals surface area contributed by atoms with E-state index in [4.69, 9.17) is 21.4 Å². The van der Waals surface area contributed by atoms with Crippen LogP contribution in [0.25, 0.3) is 0 Å². The van der Waals surface area contributed by atoms with Gasteiger partial charge >= 0.3 is 5.97 Å². The number of aryl methyl sites for hydroxylation is 1. The molecule has 1 aromatic heterocycles. The van der Waals surface area contributed by atoms with Crippen LogP contribution in [0, 0.1) is 6.92 Å². The van der Waals surface area contributed by atoms with E-state index in [1.807, 2.05) is 6.92 Å². The number of carboxylic acid groups (broad SMARTS) is 1. The molecule has 0 radical (unpaired) electrons. The van der Waals surface area contributed by atoms with Crippen LogP contribution in [0.3, 0.4) is 0 Å². The van der Waals surface area contributed by atoms with Crippen molar-refractivity contribution in [1.82, 2.24) is 4.98 Å².